The van der Waals surface area contributed by atoms with Crippen LogP contribution in [0.2, 0.25) is 0 Å². The summed E-state index contributed by atoms with van der Waals surface area (Å²) in [5, 5.41) is 0. The van der Waals surface area contributed by atoms with E-state index in [-0.39, 0.29) is 11.9 Å². The molecule has 2 fully saturated rings. The Labute approximate surface area is 180 Å². The highest BCUT2D eigenvalue weighted by molar-refractivity contribution is 5.82. The molecule has 0 radical (unpaired) electrons. The molecule has 0 saturated carbocycles. The molecule has 2 heterocycles. The zero-order chi connectivity index (χ0) is 21.1. The van der Waals surface area contributed by atoms with Crippen molar-refractivity contribution in [2.24, 2.45) is 0 Å². The molecule has 5 heteroatoms. The molecule has 0 N–H and O–H groups in total. The number of hydrogen-bond acceptors (Lipinski definition) is 4. The van der Waals surface area contributed by atoms with Crippen molar-refractivity contribution < 1.29 is 4.79 Å². The molecule has 0 spiro atoms. The predicted octanol–water partition coefficient (Wildman–Crippen LogP) is 3.16. The Bertz CT molecular complexity index is 853. The molecule has 30 heavy (non-hydrogen) atoms. The zero-order valence-electron chi connectivity index (χ0n) is 18.6. The van der Waals surface area contributed by atoms with Gasteiger partial charge in [0.2, 0.25) is 5.91 Å². The van der Waals surface area contributed by atoms with Gasteiger partial charge < -0.3 is 14.7 Å². The third-order valence-corrected chi connectivity index (χ3v) is 6.85. The van der Waals surface area contributed by atoms with E-state index in [2.05, 4.69) is 82.8 Å². The van der Waals surface area contributed by atoms with Crippen LogP contribution in [0.15, 0.2) is 48.5 Å². The average Bonchev–Trinajstić information content (AvgIpc) is 2.81. The van der Waals surface area contributed by atoms with Gasteiger partial charge in [-0.05, 0) is 50.1 Å². The molecule has 2 aliphatic heterocycles. The van der Waals surface area contributed by atoms with Gasteiger partial charge in [0.15, 0.2) is 0 Å². The van der Waals surface area contributed by atoms with Crippen LogP contribution in [0, 0.1) is 13.8 Å². The lowest BCUT2D eigenvalue weighted by molar-refractivity contribution is -0.136. The standard InChI is InChI=1S/C25H34N4O/c1-20-8-7-11-24(21(20)2)28-16-12-26(13-17-28)22(3)25(30)29-18-14-27(15-19-29)23-9-5-4-6-10-23/h4-11,22H,12-19H2,1-3H3/t22-/m0/s1. The first-order chi connectivity index (χ1) is 14.5. The summed E-state index contributed by atoms with van der Waals surface area (Å²) in [6, 6.07) is 17.0. The van der Waals surface area contributed by atoms with Crippen molar-refractivity contribution in [2.45, 2.75) is 26.8 Å². The van der Waals surface area contributed by atoms with Crippen molar-refractivity contribution in [2.75, 3.05) is 62.2 Å². The number of carbonyl (C=O) groups excluding carboxylic acids is 1. The quantitative estimate of drug-likeness (QED) is 0.780. The van der Waals surface area contributed by atoms with E-state index < -0.39 is 0 Å². The smallest absolute Gasteiger partial charge is 0.239 e. The van der Waals surface area contributed by atoms with Crippen molar-refractivity contribution in [3.05, 3.63) is 59.7 Å². The number of carbonyl (C=O) groups is 1. The van der Waals surface area contributed by atoms with Crippen molar-refractivity contribution >= 4 is 17.3 Å². The summed E-state index contributed by atoms with van der Waals surface area (Å²) in [5.41, 5.74) is 5.30. The van der Waals surface area contributed by atoms with Crippen molar-refractivity contribution in [1.82, 2.24) is 9.80 Å². The minimum absolute atomic E-state index is 0.0472. The fourth-order valence-corrected chi connectivity index (χ4v) is 4.67. The van der Waals surface area contributed by atoms with Gasteiger partial charge in [0.25, 0.3) is 0 Å². The van der Waals surface area contributed by atoms with E-state index in [1.807, 2.05) is 6.07 Å². The van der Waals surface area contributed by atoms with Crippen LogP contribution in [0.4, 0.5) is 11.4 Å². The molecule has 0 aromatic heterocycles. The Morgan fingerprint density at radius 2 is 1.40 bits per heavy atom. The third kappa shape index (κ3) is 4.31. The maximum absolute atomic E-state index is 13.1. The van der Waals surface area contributed by atoms with Gasteiger partial charge >= 0.3 is 0 Å². The maximum atomic E-state index is 13.1. The molecule has 2 saturated heterocycles. The SMILES string of the molecule is Cc1cccc(N2CCN([C@@H](C)C(=O)N3CCN(c4ccccc4)CC3)CC2)c1C. The van der Waals surface area contributed by atoms with Gasteiger partial charge in [-0.1, -0.05) is 30.3 Å². The van der Waals surface area contributed by atoms with Gasteiger partial charge in [0.1, 0.15) is 0 Å². The molecule has 5 nitrogen and oxygen atoms in total. The first kappa shape index (κ1) is 20.7. The fourth-order valence-electron chi connectivity index (χ4n) is 4.67. The Kier molecular flexibility index (Phi) is 6.28. The fraction of sp³-hybridized carbons (Fsp3) is 0.480. The molecule has 160 valence electrons. The topological polar surface area (TPSA) is 30.0 Å². The van der Waals surface area contributed by atoms with Gasteiger partial charge in [-0.2, -0.15) is 0 Å². The lowest BCUT2D eigenvalue weighted by Crippen LogP contribution is -2.57. The molecular formula is C25H34N4O. The molecule has 2 aromatic carbocycles. The summed E-state index contributed by atoms with van der Waals surface area (Å²) in [7, 11) is 0. The number of rotatable bonds is 4. The number of hydrogen-bond donors (Lipinski definition) is 0. The van der Waals surface area contributed by atoms with E-state index in [1.54, 1.807) is 0 Å². The molecule has 1 atom stereocenters. The number of anilines is 2. The number of aryl methyl sites for hydroxylation is 1. The Hall–Kier alpha value is -2.53. The summed E-state index contributed by atoms with van der Waals surface area (Å²) < 4.78 is 0. The van der Waals surface area contributed by atoms with E-state index in [0.717, 1.165) is 52.4 Å². The maximum Gasteiger partial charge on any atom is 0.239 e. The summed E-state index contributed by atoms with van der Waals surface area (Å²) >= 11 is 0. The Morgan fingerprint density at radius 1 is 0.767 bits per heavy atom. The van der Waals surface area contributed by atoms with Gasteiger partial charge in [-0.15, -0.1) is 0 Å². The average molecular weight is 407 g/mol. The van der Waals surface area contributed by atoms with E-state index in [1.165, 1.54) is 22.5 Å². The third-order valence-electron chi connectivity index (χ3n) is 6.85. The zero-order valence-corrected chi connectivity index (χ0v) is 18.6. The second-order valence-electron chi connectivity index (χ2n) is 8.57. The summed E-state index contributed by atoms with van der Waals surface area (Å²) in [6.07, 6.45) is 0. The molecule has 2 aliphatic rings. The minimum Gasteiger partial charge on any atom is -0.369 e. The van der Waals surface area contributed by atoms with Crippen molar-refractivity contribution in [1.29, 1.82) is 0 Å². The normalized spacial score (nSPS) is 19.1. The monoisotopic (exact) mass is 406 g/mol. The lowest BCUT2D eigenvalue weighted by Gasteiger charge is -2.42. The summed E-state index contributed by atoms with van der Waals surface area (Å²) in [6.45, 7) is 13.7. The molecule has 0 unspecified atom stereocenters. The van der Waals surface area contributed by atoms with E-state index >= 15 is 0 Å². The highest BCUT2D eigenvalue weighted by atomic mass is 16.2. The molecule has 0 aliphatic carbocycles. The highest BCUT2D eigenvalue weighted by Gasteiger charge is 2.30. The first-order valence-corrected chi connectivity index (χ1v) is 11.2. The van der Waals surface area contributed by atoms with Crippen LogP contribution in [0.1, 0.15) is 18.1 Å². The summed E-state index contributed by atoms with van der Waals surface area (Å²) in [4.78, 5) is 22.4. The van der Waals surface area contributed by atoms with E-state index in [9.17, 15) is 4.79 Å². The van der Waals surface area contributed by atoms with Gasteiger partial charge in [0, 0.05) is 63.7 Å². The van der Waals surface area contributed by atoms with E-state index in [0.29, 0.717) is 0 Å². The van der Waals surface area contributed by atoms with E-state index in [4.69, 9.17) is 0 Å². The molecule has 0 bridgehead atoms. The highest BCUT2D eigenvalue weighted by Crippen LogP contribution is 2.24. The van der Waals surface area contributed by atoms with Crippen LogP contribution >= 0.6 is 0 Å². The number of nitrogens with zero attached hydrogens (tertiary/aromatic N) is 4. The number of amides is 1. The van der Waals surface area contributed by atoms with Gasteiger partial charge in [-0.3, -0.25) is 9.69 Å². The first-order valence-electron chi connectivity index (χ1n) is 11.2. The number of piperazine rings is 2. The molecule has 1 amide bonds. The second-order valence-corrected chi connectivity index (χ2v) is 8.57. The van der Waals surface area contributed by atoms with Crippen LogP contribution < -0.4 is 9.80 Å². The van der Waals surface area contributed by atoms with Gasteiger partial charge in [0.05, 0.1) is 6.04 Å². The van der Waals surface area contributed by atoms with Crippen LogP contribution in [0.5, 0.6) is 0 Å². The Morgan fingerprint density at radius 3 is 2.07 bits per heavy atom. The molecule has 2 aromatic rings. The molecular weight excluding hydrogens is 372 g/mol. The molecule has 4 rings (SSSR count). The van der Waals surface area contributed by atoms with Gasteiger partial charge in [-0.25, -0.2) is 0 Å². The van der Waals surface area contributed by atoms with Crippen molar-refractivity contribution in [3.8, 4) is 0 Å². The largest absolute Gasteiger partial charge is 0.369 e. The summed E-state index contributed by atoms with van der Waals surface area (Å²) in [5.74, 6) is 0.280. The lowest BCUT2D eigenvalue weighted by atomic mass is 10.1. The Balaban J connectivity index is 1.29. The number of benzene rings is 2. The van der Waals surface area contributed by atoms with Crippen LogP contribution in [-0.4, -0.2) is 74.1 Å². The minimum atomic E-state index is -0.0472. The second kappa shape index (κ2) is 9.09. The predicted molar refractivity (Wildman–Crippen MR) is 124 cm³/mol. The van der Waals surface area contributed by atoms with Crippen molar-refractivity contribution in [3.63, 3.8) is 0 Å². The van der Waals surface area contributed by atoms with Crippen LogP contribution in [0.3, 0.4) is 0 Å². The van der Waals surface area contributed by atoms with Crippen LogP contribution in [-0.2, 0) is 4.79 Å². The van der Waals surface area contributed by atoms with Crippen LogP contribution in [0.25, 0.3) is 0 Å². The number of para-hydroxylation sites is 1.